The van der Waals surface area contributed by atoms with Crippen molar-refractivity contribution in [3.8, 4) is 0 Å². The highest BCUT2D eigenvalue weighted by Gasteiger charge is 2.28. The summed E-state index contributed by atoms with van der Waals surface area (Å²) in [6.45, 7) is 7.96. The van der Waals surface area contributed by atoms with Crippen LogP contribution in [0.1, 0.15) is 36.9 Å². The smallest absolute Gasteiger partial charge is 0.219 e. The first-order valence-corrected chi connectivity index (χ1v) is 7.73. The number of anilines is 1. The van der Waals surface area contributed by atoms with Crippen LogP contribution in [0.25, 0.3) is 0 Å². The van der Waals surface area contributed by atoms with Crippen molar-refractivity contribution in [2.75, 3.05) is 37.7 Å². The lowest BCUT2D eigenvalue weighted by Gasteiger charge is -2.30. The van der Waals surface area contributed by atoms with Gasteiger partial charge in [0.15, 0.2) is 0 Å². The summed E-state index contributed by atoms with van der Waals surface area (Å²) in [7, 11) is 0. The zero-order valence-electron chi connectivity index (χ0n) is 12.8. The fourth-order valence-corrected chi connectivity index (χ4v) is 3.37. The molecule has 0 saturated carbocycles. The third kappa shape index (κ3) is 2.88. The lowest BCUT2D eigenvalue weighted by atomic mass is 10.0. The van der Waals surface area contributed by atoms with E-state index in [1.807, 2.05) is 11.1 Å². The maximum atomic E-state index is 11.7. The third-order valence-electron chi connectivity index (χ3n) is 4.42. The van der Waals surface area contributed by atoms with Crippen molar-refractivity contribution in [1.82, 2.24) is 9.88 Å². The number of hydrogen-bond acceptors (Lipinski definition) is 4. The van der Waals surface area contributed by atoms with E-state index in [1.165, 1.54) is 5.56 Å². The van der Waals surface area contributed by atoms with Crippen molar-refractivity contribution in [2.24, 2.45) is 0 Å². The number of amides is 1. The summed E-state index contributed by atoms with van der Waals surface area (Å²) in [5.74, 6) is 1.21. The van der Waals surface area contributed by atoms with Gasteiger partial charge < -0.3 is 14.5 Å². The van der Waals surface area contributed by atoms with Crippen LogP contribution in [0.5, 0.6) is 0 Å². The second-order valence-electron chi connectivity index (χ2n) is 5.88. The van der Waals surface area contributed by atoms with Crippen molar-refractivity contribution in [2.45, 2.75) is 32.7 Å². The number of rotatable bonds is 2. The standard InChI is InChI=1S/C16H23N3O2/c1-12-10-14(15-4-3-5-19(15)13(2)20)11-17-16(12)18-6-8-21-9-7-18/h10-11,15H,3-9H2,1-2H3/t15-/m0/s1. The van der Waals surface area contributed by atoms with E-state index in [4.69, 9.17) is 4.74 Å². The number of ether oxygens (including phenoxy) is 1. The molecule has 114 valence electrons. The van der Waals surface area contributed by atoms with Crippen LogP contribution in [-0.2, 0) is 9.53 Å². The summed E-state index contributed by atoms with van der Waals surface area (Å²) in [5, 5.41) is 0. The van der Waals surface area contributed by atoms with Crippen molar-refractivity contribution in [1.29, 1.82) is 0 Å². The molecule has 0 bridgehead atoms. The average Bonchev–Trinajstić information content (AvgIpc) is 2.97. The Morgan fingerprint density at radius 2 is 2.10 bits per heavy atom. The molecular formula is C16H23N3O2. The van der Waals surface area contributed by atoms with Gasteiger partial charge in [0.25, 0.3) is 0 Å². The van der Waals surface area contributed by atoms with E-state index in [9.17, 15) is 4.79 Å². The van der Waals surface area contributed by atoms with Gasteiger partial charge in [-0.05, 0) is 37.0 Å². The Labute approximate surface area is 125 Å². The lowest BCUT2D eigenvalue weighted by molar-refractivity contribution is -0.129. The van der Waals surface area contributed by atoms with Gasteiger partial charge in [0.2, 0.25) is 5.91 Å². The van der Waals surface area contributed by atoms with E-state index >= 15 is 0 Å². The van der Waals surface area contributed by atoms with Gasteiger partial charge in [-0.1, -0.05) is 0 Å². The minimum absolute atomic E-state index is 0.160. The Hall–Kier alpha value is -1.62. The Bertz CT molecular complexity index is 526. The van der Waals surface area contributed by atoms with Crippen molar-refractivity contribution in [3.63, 3.8) is 0 Å². The topological polar surface area (TPSA) is 45.7 Å². The second-order valence-corrected chi connectivity index (χ2v) is 5.88. The van der Waals surface area contributed by atoms with Crippen molar-refractivity contribution in [3.05, 3.63) is 23.4 Å². The van der Waals surface area contributed by atoms with Crippen LogP contribution in [-0.4, -0.2) is 48.6 Å². The summed E-state index contributed by atoms with van der Waals surface area (Å²) in [6, 6.07) is 2.40. The first-order chi connectivity index (χ1) is 10.2. The zero-order valence-corrected chi connectivity index (χ0v) is 12.8. The summed E-state index contributed by atoms with van der Waals surface area (Å²) in [6.07, 6.45) is 4.07. The average molecular weight is 289 g/mol. The molecule has 2 saturated heterocycles. The first-order valence-electron chi connectivity index (χ1n) is 7.73. The summed E-state index contributed by atoms with van der Waals surface area (Å²) in [4.78, 5) is 20.6. The Morgan fingerprint density at radius 3 is 2.76 bits per heavy atom. The highest BCUT2D eigenvalue weighted by molar-refractivity contribution is 5.74. The predicted octanol–water partition coefficient (Wildman–Crippen LogP) is 1.91. The molecule has 5 nitrogen and oxygen atoms in total. The Morgan fingerprint density at radius 1 is 1.33 bits per heavy atom. The molecule has 3 heterocycles. The Balaban J connectivity index is 1.82. The number of carbonyl (C=O) groups is 1. The fourth-order valence-electron chi connectivity index (χ4n) is 3.37. The number of likely N-dealkylation sites (tertiary alicyclic amines) is 1. The highest BCUT2D eigenvalue weighted by atomic mass is 16.5. The van der Waals surface area contributed by atoms with E-state index in [-0.39, 0.29) is 11.9 Å². The highest BCUT2D eigenvalue weighted by Crippen LogP contribution is 2.33. The predicted molar refractivity (Wildman–Crippen MR) is 81.4 cm³/mol. The molecule has 1 atom stereocenters. The number of aromatic nitrogens is 1. The molecule has 3 rings (SSSR count). The van der Waals surface area contributed by atoms with Gasteiger partial charge >= 0.3 is 0 Å². The van der Waals surface area contributed by atoms with Gasteiger partial charge in [0, 0.05) is 32.8 Å². The van der Waals surface area contributed by atoms with Crippen LogP contribution < -0.4 is 4.90 Å². The molecule has 1 amide bonds. The number of morpholine rings is 1. The molecule has 5 heteroatoms. The number of carbonyl (C=O) groups excluding carboxylic acids is 1. The van der Waals surface area contributed by atoms with E-state index in [0.29, 0.717) is 0 Å². The number of aryl methyl sites for hydroxylation is 1. The molecule has 2 aliphatic rings. The molecule has 0 spiro atoms. The monoisotopic (exact) mass is 289 g/mol. The van der Waals surface area contributed by atoms with Gasteiger partial charge in [-0.3, -0.25) is 4.79 Å². The Kier molecular flexibility index (Phi) is 4.10. The minimum atomic E-state index is 0.160. The quantitative estimate of drug-likeness (QED) is 0.834. The van der Waals surface area contributed by atoms with Crippen LogP contribution in [0.15, 0.2) is 12.3 Å². The maximum absolute atomic E-state index is 11.7. The minimum Gasteiger partial charge on any atom is -0.378 e. The molecule has 0 radical (unpaired) electrons. The van der Waals surface area contributed by atoms with Gasteiger partial charge in [-0.15, -0.1) is 0 Å². The SMILES string of the molecule is CC(=O)N1CCC[C@H]1c1cnc(N2CCOCC2)c(C)c1. The van der Waals surface area contributed by atoms with E-state index in [1.54, 1.807) is 6.92 Å². The number of nitrogens with zero attached hydrogens (tertiary/aromatic N) is 3. The van der Waals surface area contributed by atoms with Crippen LogP contribution in [0, 0.1) is 6.92 Å². The van der Waals surface area contributed by atoms with Crippen molar-refractivity contribution >= 4 is 11.7 Å². The van der Waals surface area contributed by atoms with E-state index in [0.717, 1.165) is 57.1 Å². The molecule has 0 unspecified atom stereocenters. The maximum Gasteiger partial charge on any atom is 0.219 e. The molecule has 21 heavy (non-hydrogen) atoms. The normalized spacial score (nSPS) is 22.7. The molecule has 2 fully saturated rings. The van der Waals surface area contributed by atoms with Gasteiger partial charge in [0.1, 0.15) is 5.82 Å². The molecule has 1 aromatic heterocycles. The summed E-state index contributed by atoms with van der Waals surface area (Å²) in [5.41, 5.74) is 2.35. The van der Waals surface area contributed by atoms with E-state index < -0.39 is 0 Å². The van der Waals surface area contributed by atoms with Crippen molar-refractivity contribution < 1.29 is 9.53 Å². The lowest BCUT2D eigenvalue weighted by Crippen LogP contribution is -2.37. The molecule has 0 aromatic carbocycles. The largest absolute Gasteiger partial charge is 0.378 e. The number of hydrogen-bond donors (Lipinski definition) is 0. The van der Waals surface area contributed by atoms with Gasteiger partial charge in [0.05, 0.1) is 19.3 Å². The second kappa shape index (κ2) is 6.02. The van der Waals surface area contributed by atoms with Crippen LogP contribution in [0.3, 0.4) is 0 Å². The van der Waals surface area contributed by atoms with Gasteiger partial charge in [-0.2, -0.15) is 0 Å². The molecule has 0 N–H and O–H groups in total. The van der Waals surface area contributed by atoms with Crippen LogP contribution in [0.2, 0.25) is 0 Å². The van der Waals surface area contributed by atoms with Crippen LogP contribution >= 0.6 is 0 Å². The molecule has 2 aliphatic heterocycles. The zero-order chi connectivity index (χ0) is 14.8. The van der Waals surface area contributed by atoms with Crippen LogP contribution in [0.4, 0.5) is 5.82 Å². The molecule has 0 aliphatic carbocycles. The molecule has 1 aromatic rings. The number of pyridine rings is 1. The van der Waals surface area contributed by atoms with Gasteiger partial charge in [-0.25, -0.2) is 4.98 Å². The summed E-state index contributed by atoms with van der Waals surface area (Å²) < 4.78 is 5.39. The van der Waals surface area contributed by atoms with E-state index in [2.05, 4.69) is 22.9 Å². The first kappa shape index (κ1) is 14.3. The fraction of sp³-hybridized carbons (Fsp3) is 0.625. The summed E-state index contributed by atoms with van der Waals surface area (Å²) >= 11 is 0. The molecular weight excluding hydrogens is 266 g/mol. The third-order valence-corrected chi connectivity index (χ3v) is 4.42.